The summed E-state index contributed by atoms with van der Waals surface area (Å²) in [5, 5.41) is 2.82. The van der Waals surface area contributed by atoms with Crippen molar-refractivity contribution in [2.45, 2.75) is 43.3 Å². The molecule has 2 fully saturated rings. The van der Waals surface area contributed by atoms with Gasteiger partial charge in [-0.3, -0.25) is 4.79 Å². The number of allylic oxidation sites excluding steroid dienone is 2. The minimum Gasteiger partial charge on any atom is -0.368 e. The summed E-state index contributed by atoms with van der Waals surface area (Å²) in [7, 11) is -3.35. The summed E-state index contributed by atoms with van der Waals surface area (Å²) in [6.45, 7) is 1.35. The highest BCUT2D eigenvalue weighted by atomic mass is 32.2. The topological polar surface area (TPSA) is 84.9 Å². The summed E-state index contributed by atoms with van der Waals surface area (Å²) in [6, 6.07) is 6.96. The first-order chi connectivity index (χ1) is 14.0. The number of nitrogens with one attached hydrogen (secondary N) is 1. The van der Waals surface area contributed by atoms with Gasteiger partial charge in [0.15, 0.2) is 6.10 Å². The van der Waals surface area contributed by atoms with Crippen molar-refractivity contribution < 1.29 is 22.7 Å². The number of anilines is 1. The molecule has 2 heterocycles. The van der Waals surface area contributed by atoms with Gasteiger partial charge in [-0.25, -0.2) is 12.7 Å². The van der Waals surface area contributed by atoms with Crippen LogP contribution in [0, 0.1) is 0 Å². The zero-order valence-corrected chi connectivity index (χ0v) is 17.0. The number of ether oxygens (including phenoxy) is 2. The fourth-order valence-corrected chi connectivity index (χ4v) is 5.41. The van der Waals surface area contributed by atoms with Crippen LogP contribution in [-0.2, 0) is 30.0 Å². The molecule has 7 nitrogen and oxygen atoms in total. The molecule has 0 spiro atoms. The molecule has 4 rings (SSSR count). The number of fused-ring (bicyclic) bond motifs is 1. The molecule has 0 saturated carbocycles. The Bertz CT molecular complexity index is 905. The van der Waals surface area contributed by atoms with Crippen LogP contribution < -0.4 is 5.32 Å². The van der Waals surface area contributed by atoms with E-state index in [0.717, 1.165) is 19.3 Å². The molecule has 156 valence electrons. The quantitative estimate of drug-likeness (QED) is 0.793. The predicted octanol–water partition coefficient (Wildman–Crippen LogP) is 2.22. The van der Waals surface area contributed by atoms with Gasteiger partial charge in [0.1, 0.15) is 12.2 Å². The van der Waals surface area contributed by atoms with Crippen molar-refractivity contribution in [3.63, 3.8) is 0 Å². The van der Waals surface area contributed by atoms with Gasteiger partial charge < -0.3 is 14.8 Å². The molecule has 0 bridgehead atoms. The van der Waals surface area contributed by atoms with Gasteiger partial charge >= 0.3 is 0 Å². The second kappa shape index (κ2) is 8.79. The van der Waals surface area contributed by atoms with Crippen LogP contribution >= 0.6 is 0 Å². The first-order valence-electron chi connectivity index (χ1n) is 10.0. The van der Waals surface area contributed by atoms with E-state index in [1.54, 1.807) is 28.6 Å². The Morgan fingerprint density at radius 3 is 2.66 bits per heavy atom. The number of carbonyl (C=O) groups excluding carboxylic acids is 1. The van der Waals surface area contributed by atoms with E-state index in [9.17, 15) is 13.2 Å². The Morgan fingerprint density at radius 2 is 1.86 bits per heavy atom. The highest BCUT2D eigenvalue weighted by molar-refractivity contribution is 7.88. The standard InChI is InChI=1S/C21H26N2O5S/c24-21(20-14-27-18-9-2-3-10-19(18)28-20)22-17-8-6-7-16(13-17)15-29(25,26)23-11-4-1-5-12-23/h2-3,6-10,13,18-20H,1,4-5,11-12,14-15H2,(H,22,24). The first kappa shape index (κ1) is 20.3. The normalized spacial score (nSPS) is 27.4. The molecule has 1 aliphatic carbocycles. The Balaban J connectivity index is 1.38. The summed E-state index contributed by atoms with van der Waals surface area (Å²) in [5.74, 6) is -0.372. The second-order valence-corrected chi connectivity index (χ2v) is 9.53. The molecule has 3 atom stereocenters. The minimum atomic E-state index is -3.35. The van der Waals surface area contributed by atoms with Gasteiger partial charge in [0.05, 0.1) is 12.4 Å². The summed E-state index contributed by atoms with van der Waals surface area (Å²) in [6.07, 6.45) is 9.30. The fourth-order valence-electron chi connectivity index (χ4n) is 3.81. The van der Waals surface area contributed by atoms with Crippen LogP contribution in [0.3, 0.4) is 0 Å². The lowest BCUT2D eigenvalue weighted by Gasteiger charge is -2.34. The monoisotopic (exact) mass is 418 g/mol. The van der Waals surface area contributed by atoms with Gasteiger partial charge in [0, 0.05) is 18.8 Å². The smallest absolute Gasteiger partial charge is 0.255 e. The van der Waals surface area contributed by atoms with Crippen LogP contribution in [0.4, 0.5) is 5.69 Å². The van der Waals surface area contributed by atoms with Gasteiger partial charge in [-0.2, -0.15) is 0 Å². The van der Waals surface area contributed by atoms with Crippen LogP contribution in [0.2, 0.25) is 0 Å². The molecule has 8 heteroatoms. The number of piperidine rings is 1. The SMILES string of the molecule is O=C(Nc1cccc(CS(=O)(=O)N2CCCCC2)c1)C1COC2C=CC=CC2O1. The predicted molar refractivity (Wildman–Crippen MR) is 110 cm³/mol. The van der Waals surface area contributed by atoms with E-state index >= 15 is 0 Å². The van der Waals surface area contributed by atoms with Crippen molar-refractivity contribution in [1.29, 1.82) is 0 Å². The molecule has 1 aromatic carbocycles. The number of sulfonamides is 1. The average Bonchev–Trinajstić information content (AvgIpc) is 2.74. The lowest BCUT2D eigenvalue weighted by atomic mass is 10.1. The fraction of sp³-hybridized carbons (Fsp3) is 0.476. The van der Waals surface area contributed by atoms with Crippen molar-refractivity contribution in [1.82, 2.24) is 4.31 Å². The van der Waals surface area contributed by atoms with Crippen LogP contribution in [0.5, 0.6) is 0 Å². The van der Waals surface area contributed by atoms with Gasteiger partial charge in [0.25, 0.3) is 5.91 Å². The van der Waals surface area contributed by atoms with Crippen molar-refractivity contribution >= 4 is 21.6 Å². The van der Waals surface area contributed by atoms with Crippen molar-refractivity contribution in [3.8, 4) is 0 Å². The van der Waals surface area contributed by atoms with Crippen LogP contribution in [0.25, 0.3) is 0 Å². The van der Waals surface area contributed by atoms with Gasteiger partial charge in [-0.1, -0.05) is 42.9 Å². The van der Waals surface area contributed by atoms with Gasteiger partial charge in [-0.15, -0.1) is 0 Å². The molecule has 0 aromatic heterocycles. The summed E-state index contributed by atoms with van der Waals surface area (Å²) in [4.78, 5) is 12.6. The molecule has 0 radical (unpaired) electrons. The zero-order chi connectivity index (χ0) is 20.3. The van der Waals surface area contributed by atoms with Crippen LogP contribution in [0.1, 0.15) is 24.8 Å². The van der Waals surface area contributed by atoms with Crippen molar-refractivity contribution in [3.05, 3.63) is 54.1 Å². The maximum absolute atomic E-state index is 12.7. The lowest BCUT2D eigenvalue weighted by molar-refractivity contribution is -0.164. The summed E-state index contributed by atoms with van der Waals surface area (Å²) in [5.41, 5.74) is 1.20. The summed E-state index contributed by atoms with van der Waals surface area (Å²) >= 11 is 0. The van der Waals surface area contributed by atoms with E-state index in [2.05, 4.69) is 5.32 Å². The lowest BCUT2D eigenvalue weighted by Crippen LogP contribution is -2.47. The van der Waals surface area contributed by atoms with E-state index in [4.69, 9.17) is 9.47 Å². The van der Waals surface area contributed by atoms with E-state index in [1.165, 1.54) is 0 Å². The maximum atomic E-state index is 12.7. The Kier molecular flexibility index (Phi) is 6.15. The number of hydrogen-bond acceptors (Lipinski definition) is 5. The zero-order valence-electron chi connectivity index (χ0n) is 16.2. The average molecular weight is 419 g/mol. The van der Waals surface area contributed by atoms with Gasteiger partial charge in [-0.05, 0) is 30.5 Å². The molecular formula is C21H26N2O5S. The number of carbonyl (C=O) groups is 1. The largest absolute Gasteiger partial charge is 0.368 e. The maximum Gasteiger partial charge on any atom is 0.255 e. The third kappa shape index (κ3) is 4.95. The van der Waals surface area contributed by atoms with E-state index in [1.807, 2.05) is 24.3 Å². The number of benzene rings is 1. The number of rotatable bonds is 5. The third-order valence-corrected chi connectivity index (χ3v) is 7.19. The molecule has 29 heavy (non-hydrogen) atoms. The van der Waals surface area contributed by atoms with E-state index in [0.29, 0.717) is 24.3 Å². The third-order valence-electron chi connectivity index (χ3n) is 5.34. The number of hydrogen-bond donors (Lipinski definition) is 1. The summed E-state index contributed by atoms with van der Waals surface area (Å²) < 4.78 is 38.4. The van der Waals surface area contributed by atoms with Crippen LogP contribution in [0.15, 0.2) is 48.6 Å². The van der Waals surface area contributed by atoms with Crippen molar-refractivity contribution in [2.75, 3.05) is 25.0 Å². The molecule has 2 aliphatic heterocycles. The molecule has 1 N–H and O–H groups in total. The molecular weight excluding hydrogens is 392 g/mol. The second-order valence-electron chi connectivity index (χ2n) is 7.56. The van der Waals surface area contributed by atoms with E-state index < -0.39 is 16.1 Å². The molecule has 1 amide bonds. The molecule has 1 aromatic rings. The van der Waals surface area contributed by atoms with E-state index in [-0.39, 0.29) is 30.5 Å². The van der Waals surface area contributed by atoms with Gasteiger partial charge in [0.2, 0.25) is 10.0 Å². The first-order valence-corrected chi connectivity index (χ1v) is 11.6. The molecule has 2 saturated heterocycles. The Labute approximate surface area is 171 Å². The molecule has 3 unspecified atom stereocenters. The highest BCUT2D eigenvalue weighted by Crippen LogP contribution is 2.22. The minimum absolute atomic E-state index is 0.0688. The molecule has 3 aliphatic rings. The number of nitrogens with zero attached hydrogens (tertiary/aromatic N) is 1. The number of amides is 1. The van der Waals surface area contributed by atoms with Crippen molar-refractivity contribution in [2.24, 2.45) is 0 Å². The Hall–Kier alpha value is -2.00. The Morgan fingerprint density at radius 1 is 1.10 bits per heavy atom. The van der Waals surface area contributed by atoms with Crippen LogP contribution in [-0.4, -0.2) is 56.6 Å². The highest BCUT2D eigenvalue weighted by Gasteiger charge is 2.33.